The molecule has 1 aromatic rings. The molecule has 0 bridgehead atoms. The molecule has 1 rings (SSSR count). The molecular weight excluding hydrogens is 264 g/mol. The summed E-state index contributed by atoms with van der Waals surface area (Å²) in [6, 6.07) is 9.27. The molecular formula is C22H35. The zero-order valence-corrected chi connectivity index (χ0v) is 14.7. The Morgan fingerprint density at radius 3 is 1.64 bits per heavy atom. The fourth-order valence-electron chi connectivity index (χ4n) is 2.93. The van der Waals surface area contributed by atoms with E-state index < -0.39 is 0 Å². The van der Waals surface area contributed by atoms with Gasteiger partial charge in [0.15, 0.2) is 0 Å². The molecule has 0 heterocycles. The quantitative estimate of drug-likeness (QED) is 0.322. The number of allylic oxidation sites excluding steroid dienone is 1. The van der Waals surface area contributed by atoms with Crippen LogP contribution in [-0.2, 0) is 12.8 Å². The summed E-state index contributed by atoms with van der Waals surface area (Å²) in [5.41, 5.74) is 2.97. The van der Waals surface area contributed by atoms with E-state index in [2.05, 4.69) is 31.2 Å². The van der Waals surface area contributed by atoms with Crippen LogP contribution in [-0.4, -0.2) is 0 Å². The first kappa shape index (κ1) is 19.0. The van der Waals surface area contributed by atoms with E-state index in [-0.39, 0.29) is 0 Å². The minimum atomic E-state index is 1.04. The lowest BCUT2D eigenvalue weighted by atomic mass is 10.0. The van der Waals surface area contributed by atoms with Crippen LogP contribution >= 0.6 is 0 Å². The molecule has 0 saturated heterocycles. The van der Waals surface area contributed by atoms with Gasteiger partial charge in [-0.25, -0.2) is 0 Å². The fraction of sp³-hybridized carbons (Fsp3) is 0.636. The molecule has 22 heavy (non-hydrogen) atoms. The number of rotatable bonds is 14. The Kier molecular flexibility index (Phi) is 11.8. The highest BCUT2D eigenvalue weighted by Crippen LogP contribution is 2.13. The summed E-state index contributed by atoms with van der Waals surface area (Å²) in [7, 11) is 0. The van der Waals surface area contributed by atoms with E-state index in [0.717, 1.165) is 6.42 Å². The maximum absolute atomic E-state index is 5.40. The number of unbranched alkanes of at least 4 members (excludes halogenated alkanes) is 9. The molecule has 1 aromatic carbocycles. The third kappa shape index (κ3) is 9.82. The Labute approximate surface area is 139 Å². The molecule has 0 aromatic heterocycles. The van der Waals surface area contributed by atoms with Crippen molar-refractivity contribution in [1.29, 1.82) is 0 Å². The zero-order chi connectivity index (χ0) is 15.9. The number of aryl methyl sites for hydroxylation is 2. The van der Waals surface area contributed by atoms with Gasteiger partial charge in [-0.2, -0.15) is 0 Å². The Morgan fingerprint density at radius 1 is 0.682 bits per heavy atom. The third-order valence-corrected chi connectivity index (χ3v) is 4.43. The lowest BCUT2D eigenvalue weighted by Gasteiger charge is -2.05. The smallest absolute Gasteiger partial charge is 0.0279 e. The van der Waals surface area contributed by atoms with Crippen LogP contribution < -0.4 is 0 Å². The van der Waals surface area contributed by atoms with Crippen molar-refractivity contribution in [2.75, 3.05) is 0 Å². The van der Waals surface area contributed by atoms with E-state index in [9.17, 15) is 0 Å². The first-order valence-corrected chi connectivity index (χ1v) is 9.48. The number of hydrogen-bond donors (Lipinski definition) is 0. The largest absolute Gasteiger partial charge is 0.0845 e. The molecule has 0 aliphatic heterocycles. The summed E-state index contributed by atoms with van der Waals surface area (Å²) in [4.78, 5) is 0. The molecule has 0 spiro atoms. The molecule has 1 radical (unpaired) electrons. The van der Waals surface area contributed by atoms with Crippen LogP contribution in [0.1, 0.15) is 88.7 Å². The molecule has 0 unspecified atom stereocenters. The predicted octanol–water partition coefficient (Wildman–Crippen LogP) is 7.07. The van der Waals surface area contributed by atoms with Crippen molar-refractivity contribution >= 4 is 0 Å². The first-order valence-electron chi connectivity index (χ1n) is 9.48. The van der Waals surface area contributed by atoms with Crippen molar-refractivity contribution in [2.24, 2.45) is 0 Å². The maximum atomic E-state index is 5.40. The number of benzene rings is 1. The van der Waals surface area contributed by atoms with Gasteiger partial charge in [-0.1, -0.05) is 88.8 Å². The van der Waals surface area contributed by atoms with Crippen molar-refractivity contribution < 1.29 is 0 Å². The molecule has 0 atom stereocenters. The molecule has 0 aliphatic rings. The average Bonchev–Trinajstić information content (AvgIpc) is 2.55. The summed E-state index contributed by atoms with van der Waals surface area (Å²) in [6.07, 6.45) is 18.9. The molecule has 0 amide bonds. The van der Waals surface area contributed by atoms with Gasteiger partial charge in [-0.05, 0) is 49.7 Å². The van der Waals surface area contributed by atoms with Gasteiger partial charge < -0.3 is 0 Å². The van der Waals surface area contributed by atoms with Crippen LogP contribution in [0.5, 0.6) is 0 Å². The van der Waals surface area contributed by atoms with Gasteiger partial charge in [0.05, 0.1) is 0 Å². The average molecular weight is 300 g/mol. The topological polar surface area (TPSA) is 0 Å². The van der Waals surface area contributed by atoms with Crippen LogP contribution in [0.15, 0.2) is 30.3 Å². The van der Waals surface area contributed by atoms with Crippen molar-refractivity contribution in [3.05, 3.63) is 48.0 Å². The molecule has 123 valence electrons. The van der Waals surface area contributed by atoms with E-state index >= 15 is 0 Å². The van der Waals surface area contributed by atoms with E-state index in [0.29, 0.717) is 0 Å². The minimum absolute atomic E-state index is 1.04. The Hall–Kier alpha value is -1.04. The monoisotopic (exact) mass is 299 g/mol. The van der Waals surface area contributed by atoms with Crippen LogP contribution in [0.25, 0.3) is 0 Å². The second-order valence-electron chi connectivity index (χ2n) is 6.52. The van der Waals surface area contributed by atoms with Crippen LogP contribution in [0, 0.1) is 6.58 Å². The van der Waals surface area contributed by atoms with Crippen molar-refractivity contribution in [1.82, 2.24) is 0 Å². The summed E-state index contributed by atoms with van der Waals surface area (Å²) in [6.45, 7) is 7.68. The molecule has 0 fully saturated rings. The summed E-state index contributed by atoms with van der Waals surface area (Å²) in [5, 5.41) is 0. The van der Waals surface area contributed by atoms with Crippen LogP contribution in [0.3, 0.4) is 0 Å². The fourth-order valence-corrected chi connectivity index (χ4v) is 2.93. The lowest BCUT2D eigenvalue weighted by Crippen LogP contribution is -1.89. The SMILES string of the molecule is [CH]=CCCCCc1ccc(CCCCCCCCCC)cc1. The Morgan fingerprint density at radius 2 is 1.14 bits per heavy atom. The van der Waals surface area contributed by atoms with Gasteiger partial charge in [-0.3, -0.25) is 0 Å². The Bertz CT molecular complexity index is 360. The normalized spacial score (nSPS) is 10.8. The van der Waals surface area contributed by atoms with Crippen molar-refractivity contribution in [3.8, 4) is 0 Å². The zero-order valence-electron chi connectivity index (χ0n) is 14.7. The Balaban J connectivity index is 2.05. The van der Waals surface area contributed by atoms with Gasteiger partial charge in [-0.15, -0.1) is 0 Å². The predicted molar refractivity (Wildman–Crippen MR) is 99.2 cm³/mol. The highest BCUT2D eigenvalue weighted by atomic mass is 14.0. The molecule has 0 N–H and O–H groups in total. The highest BCUT2D eigenvalue weighted by Gasteiger charge is 1.97. The number of hydrogen-bond acceptors (Lipinski definition) is 0. The molecule has 0 heteroatoms. The summed E-state index contributed by atoms with van der Waals surface area (Å²) in [5.74, 6) is 0. The second-order valence-corrected chi connectivity index (χ2v) is 6.52. The van der Waals surface area contributed by atoms with Gasteiger partial charge in [0.1, 0.15) is 0 Å². The highest BCUT2D eigenvalue weighted by molar-refractivity contribution is 5.22. The van der Waals surface area contributed by atoms with Gasteiger partial charge >= 0.3 is 0 Å². The van der Waals surface area contributed by atoms with Gasteiger partial charge in [0.2, 0.25) is 0 Å². The van der Waals surface area contributed by atoms with E-state index in [1.165, 1.54) is 88.2 Å². The molecule has 0 aliphatic carbocycles. The summed E-state index contributed by atoms with van der Waals surface area (Å²) < 4.78 is 0. The van der Waals surface area contributed by atoms with Crippen molar-refractivity contribution in [3.63, 3.8) is 0 Å². The lowest BCUT2D eigenvalue weighted by molar-refractivity contribution is 0.575. The van der Waals surface area contributed by atoms with Crippen LogP contribution in [0.4, 0.5) is 0 Å². The molecule has 0 saturated carbocycles. The first-order chi connectivity index (χ1) is 10.9. The van der Waals surface area contributed by atoms with Crippen molar-refractivity contribution in [2.45, 2.75) is 90.4 Å². The van der Waals surface area contributed by atoms with E-state index in [1.54, 1.807) is 6.08 Å². The second kappa shape index (κ2) is 13.6. The minimum Gasteiger partial charge on any atom is -0.0845 e. The molecule has 0 nitrogen and oxygen atoms in total. The third-order valence-electron chi connectivity index (χ3n) is 4.43. The van der Waals surface area contributed by atoms with Crippen LogP contribution in [0.2, 0.25) is 0 Å². The maximum Gasteiger partial charge on any atom is -0.0279 e. The van der Waals surface area contributed by atoms with Gasteiger partial charge in [0, 0.05) is 0 Å². The standard InChI is InChI=1S/C22H35/c1-3-5-7-9-10-11-12-14-16-22-19-17-21(18-20-22)15-13-8-6-4-2/h2,4,17-20H,3,5-16H2,1H3. The van der Waals surface area contributed by atoms with E-state index in [4.69, 9.17) is 6.58 Å². The summed E-state index contributed by atoms with van der Waals surface area (Å²) >= 11 is 0. The van der Waals surface area contributed by atoms with Gasteiger partial charge in [0.25, 0.3) is 0 Å². The van der Waals surface area contributed by atoms with E-state index in [1.807, 2.05) is 0 Å².